The molecule has 0 amide bonds. The van der Waals surface area contributed by atoms with Crippen molar-refractivity contribution in [3.63, 3.8) is 0 Å². The summed E-state index contributed by atoms with van der Waals surface area (Å²) < 4.78 is 27.8. The zero-order chi connectivity index (χ0) is 17.2. The van der Waals surface area contributed by atoms with Gasteiger partial charge in [-0.05, 0) is 54.8 Å². The van der Waals surface area contributed by atoms with Crippen molar-refractivity contribution in [2.75, 3.05) is 4.72 Å². The molecule has 0 aliphatic heterocycles. The minimum absolute atomic E-state index is 0.0331. The lowest BCUT2D eigenvalue weighted by atomic mass is 10.1. The molecule has 2 aromatic rings. The number of aryl methyl sites for hydroxylation is 2. The van der Waals surface area contributed by atoms with Crippen molar-refractivity contribution in [3.05, 3.63) is 58.1 Å². The van der Waals surface area contributed by atoms with Gasteiger partial charge in [0.2, 0.25) is 0 Å². The first-order chi connectivity index (χ1) is 10.7. The summed E-state index contributed by atoms with van der Waals surface area (Å²) in [6.07, 6.45) is 0.468. The van der Waals surface area contributed by atoms with Crippen LogP contribution >= 0.6 is 11.6 Å². The zero-order valence-corrected chi connectivity index (χ0v) is 14.2. The topological polar surface area (TPSA) is 83.5 Å². The third-order valence-corrected chi connectivity index (χ3v) is 5.10. The Balaban J connectivity index is 2.50. The van der Waals surface area contributed by atoms with E-state index in [0.717, 1.165) is 0 Å². The van der Waals surface area contributed by atoms with Gasteiger partial charge >= 0.3 is 5.97 Å². The van der Waals surface area contributed by atoms with Crippen LogP contribution in [0.2, 0.25) is 5.02 Å². The Kier molecular flexibility index (Phi) is 4.97. The Bertz CT molecular complexity index is 862. The highest BCUT2D eigenvalue weighted by Gasteiger charge is 2.21. The monoisotopic (exact) mass is 353 g/mol. The number of anilines is 1. The molecule has 23 heavy (non-hydrogen) atoms. The van der Waals surface area contributed by atoms with E-state index in [4.69, 9.17) is 16.7 Å². The van der Waals surface area contributed by atoms with Gasteiger partial charge in [-0.15, -0.1) is 0 Å². The van der Waals surface area contributed by atoms with Crippen molar-refractivity contribution >= 4 is 33.3 Å². The first kappa shape index (κ1) is 17.3. The molecule has 2 aromatic carbocycles. The highest BCUT2D eigenvalue weighted by molar-refractivity contribution is 7.92. The lowest BCUT2D eigenvalue weighted by Gasteiger charge is -2.14. The van der Waals surface area contributed by atoms with Gasteiger partial charge in [0.25, 0.3) is 10.0 Å². The number of nitrogens with one attached hydrogen (secondary N) is 1. The van der Waals surface area contributed by atoms with Crippen LogP contribution in [-0.2, 0) is 16.4 Å². The minimum Gasteiger partial charge on any atom is -0.478 e. The number of sulfonamides is 1. The summed E-state index contributed by atoms with van der Waals surface area (Å²) >= 11 is 5.87. The van der Waals surface area contributed by atoms with Crippen LogP contribution in [0.5, 0.6) is 0 Å². The first-order valence-corrected chi connectivity index (χ1v) is 8.76. The number of carboxylic acids is 1. The molecular formula is C16H16ClNO4S. The largest absolute Gasteiger partial charge is 0.478 e. The average Bonchev–Trinajstić information content (AvgIpc) is 2.49. The molecule has 0 heterocycles. The highest BCUT2D eigenvalue weighted by atomic mass is 35.5. The van der Waals surface area contributed by atoms with Crippen LogP contribution in [-0.4, -0.2) is 19.5 Å². The molecule has 0 radical (unpaired) electrons. The maximum absolute atomic E-state index is 12.7. The smallest absolute Gasteiger partial charge is 0.335 e. The molecular weight excluding hydrogens is 338 g/mol. The van der Waals surface area contributed by atoms with Gasteiger partial charge < -0.3 is 5.11 Å². The molecule has 0 saturated carbocycles. The second kappa shape index (κ2) is 6.60. The number of halogens is 1. The first-order valence-electron chi connectivity index (χ1n) is 6.90. The Morgan fingerprint density at radius 2 is 1.91 bits per heavy atom. The van der Waals surface area contributed by atoms with E-state index in [9.17, 15) is 13.2 Å². The van der Waals surface area contributed by atoms with Gasteiger partial charge in [0, 0.05) is 5.02 Å². The van der Waals surface area contributed by atoms with Crippen molar-refractivity contribution in [3.8, 4) is 0 Å². The SMILES string of the molecule is CCc1ccc(C(=O)O)cc1S(=O)(=O)Nc1ccc(Cl)cc1C. The number of rotatable bonds is 5. The predicted octanol–water partition coefficient (Wildman–Crippen LogP) is 3.71. The predicted molar refractivity (Wildman–Crippen MR) is 89.8 cm³/mol. The second-order valence-corrected chi connectivity index (χ2v) is 7.13. The van der Waals surface area contributed by atoms with Gasteiger partial charge in [0.15, 0.2) is 0 Å². The maximum Gasteiger partial charge on any atom is 0.335 e. The number of benzene rings is 2. The van der Waals surface area contributed by atoms with E-state index in [1.165, 1.54) is 18.2 Å². The van der Waals surface area contributed by atoms with Gasteiger partial charge in [-0.3, -0.25) is 4.72 Å². The number of carbonyl (C=O) groups is 1. The van der Waals surface area contributed by atoms with Crippen LogP contribution in [0.15, 0.2) is 41.3 Å². The van der Waals surface area contributed by atoms with Crippen molar-refractivity contribution < 1.29 is 18.3 Å². The minimum atomic E-state index is -3.90. The number of hydrogen-bond acceptors (Lipinski definition) is 3. The van der Waals surface area contributed by atoms with E-state index in [1.54, 1.807) is 25.1 Å². The molecule has 0 fully saturated rings. The third-order valence-electron chi connectivity index (χ3n) is 3.42. The molecule has 0 atom stereocenters. The molecule has 0 bridgehead atoms. The number of aromatic carboxylic acids is 1. The van der Waals surface area contributed by atoms with Gasteiger partial charge in [0.05, 0.1) is 16.1 Å². The fourth-order valence-corrected chi connectivity index (χ4v) is 3.87. The van der Waals surface area contributed by atoms with E-state index in [-0.39, 0.29) is 10.5 Å². The molecule has 0 saturated heterocycles. The fourth-order valence-electron chi connectivity index (χ4n) is 2.17. The summed E-state index contributed by atoms with van der Waals surface area (Å²) in [5.41, 5.74) is 1.55. The Morgan fingerprint density at radius 1 is 1.22 bits per heavy atom. The summed E-state index contributed by atoms with van der Waals surface area (Å²) in [6.45, 7) is 3.54. The summed E-state index contributed by atoms with van der Waals surface area (Å²) in [4.78, 5) is 11.1. The molecule has 0 aromatic heterocycles. The molecule has 2 N–H and O–H groups in total. The fraction of sp³-hybridized carbons (Fsp3) is 0.188. The van der Waals surface area contributed by atoms with Gasteiger partial charge in [-0.2, -0.15) is 0 Å². The molecule has 0 unspecified atom stereocenters. The van der Waals surface area contributed by atoms with E-state index in [1.807, 2.05) is 6.92 Å². The van der Waals surface area contributed by atoms with Crippen molar-refractivity contribution in [2.45, 2.75) is 25.2 Å². The van der Waals surface area contributed by atoms with Crippen LogP contribution in [0.4, 0.5) is 5.69 Å². The van der Waals surface area contributed by atoms with Crippen molar-refractivity contribution in [2.24, 2.45) is 0 Å². The van der Waals surface area contributed by atoms with Crippen LogP contribution < -0.4 is 4.72 Å². The Hall–Kier alpha value is -2.05. The zero-order valence-electron chi connectivity index (χ0n) is 12.6. The molecule has 0 aliphatic rings. The Labute approximate surface area is 140 Å². The van der Waals surface area contributed by atoms with Crippen LogP contribution in [0.1, 0.15) is 28.4 Å². The van der Waals surface area contributed by atoms with E-state index < -0.39 is 16.0 Å². The lowest BCUT2D eigenvalue weighted by Crippen LogP contribution is -2.16. The van der Waals surface area contributed by atoms with Gasteiger partial charge in [-0.25, -0.2) is 13.2 Å². The van der Waals surface area contributed by atoms with E-state index >= 15 is 0 Å². The summed E-state index contributed by atoms with van der Waals surface area (Å²) in [6, 6.07) is 8.89. The summed E-state index contributed by atoms with van der Waals surface area (Å²) in [5.74, 6) is -1.17. The second-order valence-electron chi connectivity index (χ2n) is 5.05. The van der Waals surface area contributed by atoms with Crippen LogP contribution in [0, 0.1) is 6.92 Å². The van der Waals surface area contributed by atoms with Gasteiger partial charge in [-0.1, -0.05) is 24.6 Å². The van der Waals surface area contributed by atoms with Crippen LogP contribution in [0.25, 0.3) is 0 Å². The van der Waals surface area contributed by atoms with Crippen LogP contribution in [0.3, 0.4) is 0 Å². The summed E-state index contributed by atoms with van der Waals surface area (Å²) in [7, 11) is -3.90. The Morgan fingerprint density at radius 3 is 2.48 bits per heavy atom. The van der Waals surface area contributed by atoms with Crippen molar-refractivity contribution in [1.82, 2.24) is 0 Å². The number of carboxylic acid groups (broad SMARTS) is 1. The average molecular weight is 354 g/mol. The molecule has 5 nitrogen and oxygen atoms in total. The maximum atomic E-state index is 12.7. The number of hydrogen-bond donors (Lipinski definition) is 2. The van der Waals surface area contributed by atoms with E-state index in [0.29, 0.717) is 28.3 Å². The lowest BCUT2D eigenvalue weighted by molar-refractivity contribution is 0.0696. The molecule has 2 rings (SSSR count). The molecule has 0 spiro atoms. The highest BCUT2D eigenvalue weighted by Crippen LogP contribution is 2.25. The molecule has 7 heteroatoms. The standard InChI is InChI=1S/C16H16ClNO4S/c1-3-11-4-5-12(16(19)20)9-15(11)23(21,22)18-14-7-6-13(17)8-10(14)2/h4-9,18H,3H2,1-2H3,(H,19,20). The quantitative estimate of drug-likeness (QED) is 0.858. The van der Waals surface area contributed by atoms with E-state index in [2.05, 4.69) is 4.72 Å². The summed E-state index contributed by atoms with van der Waals surface area (Å²) in [5, 5.41) is 9.58. The van der Waals surface area contributed by atoms with Crippen molar-refractivity contribution in [1.29, 1.82) is 0 Å². The normalized spacial score (nSPS) is 11.3. The third kappa shape index (κ3) is 3.83. The molecule has 122 valence electrons. The van der Waals surface area contributed by atoms with Gasteiger partial charge in [0.1, 0.15) is 0 Å². The molecule has 0 aliphatic carbocycles.